The third-order valence-corrected chi connectivity index (χ3v) is 8.19. The first-order valence-electron chi connectivity index (χ1n) is 12.9. The summed E-state index contributed by atoms with van der Waals surface area (Å²) < 4.78 is 17.3. The molecular weight excluding hydrogens is 455 g/mol. The molecule has 182 valence electrons. The molecule has 0 N–H and O–H groups in total. The van der Waals surface area contributed by atoms with Gasteiger partial charge in [-0.2, -0.15) is 0 Å². The second-order valence-corrected chi connectivity index (χ2v) is 11.0. The fourth-order valence-electron chi connectivity index (χ4n) is 5.48. The van der Waals surface area contributed by atoms with Crippen LogP contribution in [0.5, 0.6) is 0 Å². The van der Waals surface area contributed by atoms with Gasteiger partial charge in [-0.15, -0.1) is 0 Å². The number of hydrogen-bond donors (Lipinski definition) is 0. The van der Waals surface area contributed by atoms with Crippen LogP contribution in [0.4, 0.5) is 0 Å². The molecule has 0 spiro atoms. The molecule has 37 heavy (non-hydrogen) atoms. The van der Waals surface area contributed by atoms with Crippen molar-refractivity contribution in [2.24, 2.45) is 0 Å². The van der Waals surface area contributed by atoms with Crippen molar-refractivity contribution in [3.05, 3.63) is 103 Å². The van der Waals surface area contributed by atoms with Crippen LogP contribution in [0.15, 0.2) is 103 Å². The molecule has 0 unspecified atom stereocenters. The smallest absolute Gasteiger partial charge is 0.399 e. The molecule has 5 heteroatoms. The van der Waals surface area contributed by atoms with E-state index in [-0.39, 0.29) is 18.3 Å². The fourth-order valence-corrected chi connectivity index (χ4v) is 5.48. The molecule has 0 aliphatic carbocycles. The molecule has 1 fully saturated rings. The van der Waals surface area contributed by atoms with E-state index in [1.165, 1.54) is 32.7 Å². The lowest BCUT2D eigenvalue weighted by atomic mass is 9.78. The zero-order valence-electron chi connectivity index (χ0n) is 21.6. The molecule has 0 amide bonds. The van der Waals surface area contributed by atoms with Crippen LogP contribution < -0.4 is 5.46 Å². The molecule has 1 aliphatic heterocycles. The lowest BCUT2D eigenvalue weighted by molar-refractivity contribution is 0.00578. The average Bonchev–Trinajstić information content (AvgIpc) is 3.53. The Bertz CT molecular complexity index is 1780. The Hall–Kier alpha value is -3.80. The summed E-state index contributed by atoms with van der Waals surface area (Å²) in [7, 11) is -0.384. The van der Waals surface area contributed by atoms with Gasteiger partial charge in [0.2, 0.25) is 0 Å². The Labute approximate surface area is 217 Å². The Morgan fingerprint density at radius 2 is 1.27 bits per heavy atom. The maximum Gasteiger partial charge on any atom is 0.494 e. The number of rotatable bonds is 3. The number of hydrogen-bond acceptors (Lipinski definition) is 2. The summed E-state index contributed by atoms with van der Waals surface area (Å²) >= 11 is 0. The summed E-state index contributed by atoms with van der Waals surface area (Å²) in [6.07, 6.45) is 2.15. The summed E-state index contributed by atoms with van der Waals surface area (Å²) in [6.45, 7) is 8.38. The van der Waals surface area contributed by atoms with Crippen molar-refractivity contribution in [1.29, 1.82) is 0 Å². The SMILES string of the molecule is CC1(C)OB(c2ccc3c(c2)c2ccccc2n3-c2ccc3c(ccn3-c3ccccc3)c2)OC1(C)C. The van der Waals surface area contributed by atoms with Gasteiger partial charge >= 0.3 is 7.12 Å². The first kappa shape index (κ1) is 22.4. The Morgan fingerprint density at radius 1 is 0.595 bits per heavy atom. The summed E-state index contributed by atoms with van der Waals surface area (Å²) in [4.78, 5) is 0. The highest BCUT2D eigenvalue weighted by Gasteiger charge is 2.51. The van der Waals surface area contributed by atoms with Crippen LogP contribution >= 0.6 is 0 Å². The highest BCUT2D eigenvalue weighted by atomic mass is 16.7. The van der Waals surface area contributed by atoms with Gasteiger partial charge < -0.3 is 18.4 Å². The molecule has 4 nitrogen and oxygen atoms in total. The minimum atomic E-state index is -0.384. The third kappa shape index (κ3) is 3.38. The summed E-state index contributed by atoms with van der Waals surface area (Å²) in [5.74, 6) is 0. The van der Waals surface area contributed by atoms with E-state index in [2.05, 4.69) is 134 Å². The van der Waals surface area contributed by atoms with E-state index in [0.29, 0.717) is 0 Å². The standard InChI is InChI=1S/C32H29BN2O2/c1-31(2)32(3,4)37-33(36-31)23-14-16-30-27(21-23)26-12-8-9-13-29(26)35(30)25-15-17-28-22(20-25)18-19-34(28)24-10-6-5-7-11-24/h5-21H,1-4H3. The number of aromatic nitrogens is 2. The van der Waals surface area contributed by atoms with Crippen molar-refractivity contribution in [3.63, 3.8) is 0 Å². The highest BCUT2D eigenvalue weighted by molar-refractivity contribution is 6.62. The molecule has 0 saturated carbocycles. The lowest BCUT2D eigenvalue weighted by Gasteiger charge is -2.32. The van der Waals surface area contributed by atoms with E-state index in [1.54, 1.807) is 0 Å². The highest BCUT2D eigenvalue weighted by Crippen LogP contribution is 2.38. The topological polar surface area (TPSA) is 28.3 Å². The van der Waals surface area contributed by atoms with Gasteiger partial charge in [0.15, 0.2) is 0 Å². The molecule has 1 saturated heterocycles. The summed E-state index contributed by atoms with van der Waals surface area (Å²) in [5.41, 5.74) is 6.17. The van der Waals surface area contributed by atoms with E-state index < -0.39 is 0 Å². The minimum Gasteiger partial charge on any atom is -0.399 e. The van der Waals surface area contributed by atoms with Gasteiger partial charge in [0.25, 0.3) is 0 Å². The first-order valence-corrected chi connectivity index (χ1v) is 12.9. The van der Waals surface area contributed by atoms with Gasteiger partial charge in [0, 0.05) is 33.7 Å². The zero-order valence-corrected chi connectivity index (χ0v) is 21.6. The Kier molecular flexibility index (Phi) is 4.75. The van der Waals surface area contributed by atoms with Crippen molar-refractivity contribution in [3.8, 4) is 11.4 Å². The zero-order chi connectivity index (χ0) is 25.4. The van der Waals surface area contributed by atoms with Crippen LogP contribution in [-0.4, -0.2) is 27.5 Å². The number of fused-ring (bicyclic) bond motifs is 4. The first-order chi connectivity index (χ1) is 17.8. The quantitative estimate of drug-likeness (QED) is 0.253. The molecular formula is C32H29BN2O2. The van der Waals surface area contributed by atoms with Gasteiger partial charge in [-0.25, -0.2) is 0 Å². The predicted octanol–water partition coefficient (Wildman–Crippen LogP) is 7.03. The second kappa shape index (κ2) is 7.85. The second-order valence-electron chi connectivity index (χ2n) is 11.0. The van der Waals surface area contributed by atoms with Crippen LogP contribution in [0.3, 0.4) is 0 Å². The van der Waals surface area contributed by atoms with Crippen molar-refractivity contribution in [2.45, 2.75) is 38.9 Å². The van der Waals surface area contributed by atoms with E-state index in [4.69, 9.17) is 9.31 Å². The number of benzene rings is 4. The minimum absolute atomic E-state index is 0.369. The predicted molar refractivity (Wildman–Crippen MR) is 153 cm³/mol. The normalized spacial score (nSPS) is 16.8. The molecule has 0 bridgehead atoms. The van der Waals surface area contributed by atoms with Crippen LogP contribution in [0.1, 0.15) is 27.7 Å². The molecule has 0 radical (unpaired) electrons. The van der Waals surface area contributed by atoms with Gasteiger partial charge in [-0.1, -0.05) is 48.5 Å². The molecule has 6 aromatic rings. The molecule has 7 rings (SSSR count). The maximum atomic E-state index is 6.36. The summed E-state index contributed by atoms with van der Waals surface area (Å²) in [5, 5.41) is 3.63. The van der Waals surface area contributed by atoms with Gasteiger partial charge in [0.1, 0.15) is 0 Å². The van der Waals surface area contributed by atoms with Crippen molar-refractivity contribution in [1.82, 2.24) is 9.13 Å². The molecule has 2 aromatic heterocycles. The van der Waals surface area contributed by atoms with E-state index >= 15 is 0 Å². The van der Waals surface area contributed by atoms with E-state index in [1.807, 2.05) is 6.07 Å². The molecule has 4 aromatic carbocycles. The summed E-state index contributed by atoms with van der Waals surface area (Å²) in [6, 6.07) is 34.6. The van der Waals surface area contributed by atoms with Gasteiger partial charge in [0.05, 0.1) is 27.8 Å². The van der Waals surface area contributed by atoms with Crippen molar-refractivity contribution < 1.29 is 9.31 Å². The number of nitrogens with zero attached hydrogens (tertiary/aromatic N) is 2. The lowest BCUT2D eigenvalue weighted by Crippen LogP contribution is -2.41. The number of para-hydroxylation sites is 2. The van der Waals surface area contributed by atoms with Crippen LogP contribution in [0, 0.1) is 0 Å². The van der Waals surface area contributed by atoms with Crippen molar-refractivity contribution in [2.75, 3.05) is 0 Å². The molecule has 1 aliphatic rings. The van der Waals surface area contributed by atoms with Crippen molar-refractivity contribution >= 4 is 45.3 Å². The molecule has 0 atom stereocenters. The van der Waals surface area contributed by atoms with Gasteiger partial charge in [-0.05, 0) is 81.7 Å². The Morgan fingerprint density at radius 3 is 2.05 bits per heavy atom. The van der Waals surface area contributed by atoms with Crippen LogP contribution in [0.2, 0.25) is 0 Å². The monoisotopic (exact) mass is 484 g/mol. The van der Waals surface area contributed by atoms with Crippen LogP contribution in [-0.2, 0) is 9.31 Å². The average molecular weight is 484 g/mol. The van der Waals surface area contributed by atoms with E-state index in [0.717, 1.165) is 16.8 Å². The fraction of sp³-hybridized carbons (Fsp3) is 0.188. The Balaban J connectivity index is 1.37. The molecule has 3 heterocycles. The van der Waals surface area contributed by atoms with Gasteiger partial charge in [-0.3, -0.25) is 0 Å². The van der Waals surface area contributed by atoms with E-state index in [9.17, 15) is 0 Å². The maximum absolute atomic E-state index is 6.36. The third-order valence-electron chi connectivity index (χ3n) is 8.19. The van der Waals surface area contributed by atoms with Crippen LogP contribution in [0.25, 0.3) is 44.1 Å². The largest absolute Gasteiger partial charge is 0.494 e.